The Labute approximate surface area is 173 Å². The van der Waals surface area contributed by atoms with Gasteiger partial charge in [-0.15, -0.1) is 23.5 Å². The molecule has 0 amide bonds. The standard InChI is InChI=1S/C16H12O4S2.Ca.2H/c1-21-9-6-11-14(17)10-5-8(16(18)19)3-4-12(10)20-15(11)13(7-9)22-2;;;/h3-7H,1-2H3,(H,18,19);;;/q;+2;2*-1. The molecule has 0 aliphatic carbocycles. The molecule has 0 unspecified atom stereocenters. The molecule has 4 nitrogen and oxygen atoms in total. The summed E-state index contributed by atoms with van der Waals surface area (Å²) in [6.07, 6.45) is 3.87. The van der Waals surface area contributed by atoms with E-state index in [1.165, 1.54) is 30.0 Å². The molecule has 0 saturated carbocycles. The van der Waals surface area contributed by atoms with E-state index in [2.05, 4.69) is 0 Å². The maximum Gasteiger partial charge on any atom is 2.00 e. The van der Waals surface area contributed by atoms with Gasteiger partial charge in [-0.2, -0.15) is 0 Å². The number of rotatable bonds is 3. The summed E-state index contributed by atoms with van der Waals surface area (Å²) in [5.74, 6) is -1.07. The second kappa shape index (κ2) is 7.49. The molecule has 0 spiro atoms. The molecule has 0 fully saturated rings. The summed E-state index contributed by atoms with van der Waals surface area (Å²) < 4.78 is 5.86. The van der Waals surface area contributed by atoms with Gasteiger partial charge in [-0.25, -0.2) is 4.79 Å². The molecule has 3 aromatic rings. The quantitative estimate of drug-likeness (QED) is 0.426. The molecule has 0 atom stereocenters. The van der Waals surface area contributed by atoms with E-state index in [1.807, 2.05) is 18.6 Å². The molecule has 1 heterocycles. The Morgan fingerprint density at radius 1 is 1.13 bits per heavy atom. The van der Waals surface area contributed by atoms with Gasteiger partial charge in [-0.1, -0.05) is 0 Å². The maximum atomic E-state index is 12.7. The van der Waals surface area contributed by atoms with Crippen LogP contribution >= 0.6 is 23.5 Å². The Morgan fingerprint density at radius 3 is 2.48 bits per heavy atom. The number of carboxylic acids is 1. The minimum Gasteiger partial charge on any atom is -1.00 e. The first-order chi connectivity index (χ1) is 10.5. The number of hydrogen-bond acceptors (Lipinski definition) is 5. The number of carboxylic acid groups (broad SMARTS) is 1. The SMILES string of the molecule is CSc1cc(SC)c2oc3ccc(C(=O)O)cc3c(=O)c2c1.[Ca+2].[H-].[H-]. The topological polar surface area (TPSA) is 67.5 Å². The van der Waals surface area contributed by atoms with E-state index < -0.39 is 5.97 Å². The zero-order chi connectivity index (χ0) is 15.9. The molecule has 3 rings (SSSR count). The van der Waals surface area contributed by atoms with E-state index in [9.17, 15) is 9.59 Å². The fourth-order valence-corrected chi connectivity index (χ4v) is 3.43. The predicted octanol–water partition coefficient (Wildman–Crippen LogP) is 3.93. The number of fused-ring (bicyclic) bond motifs is 2. The summed E-state index contributed by atoms with van der Waals surface area (Å²) in [4.78, 5) is 25.7. The average molecular weight is 374 g/mol. The third-order valence-corrected chi connectivity index (χ3v) is 4.86. The van der Waals surface area contributed by atoms with Gasteiger partial charge in [0.1, 0.15) is 5.58 Å². The summed E-state index contributed by atoms with van der Waals surface area (Å²) in [6, 6.07) is 8.12. The van der Waals surface area contributed by atoms with Crippen molar-refractivity contribution in [1.82, 2.24) is 0 Å². The van der Waals surface area contributed by atoms with Crippen LogP contribution < -0.4 is 5.43 Å². The van der Waals surface area contributed by atoms with Crippen molar-refractivity contribution >= 4 is 89.2 Å². The fraction of sp³-hybridized carbons (Fsp3) is 0.125. The minimum absolute atomic E-state index is 0. The first-order valence-corrected chi connectivity index (χ1v) is 8.86. The largest absolute Gasteiger partial charge is 2.00 e. The summed E-state index contributed by atoms with van der Waals surface area (Å²) >= 11 is 3.06. The fourth-order valence-electron chi connectivity index (χ4n) is 2.30. The number of aromatic carboxylic acids is 1. The Hall–Kier alpha value is -0.660. The smallest absolute Gasteiger partial charge is 1.00 e. The molecule has 1 aromatic heterocycles. The van der Waals surface area contributed by atoms with Crippen molar-refractivity contribution in [2.75, 3.05) is 12.5 Å². The van der Waals surface area contributed by atoms with Crippen LogP contribution in [0.4, 0.5) is 0 Å². The molecule has 0 radical (unpaired) electrons. The minimum atomic E-state index is -1.07. The van der Waals surface area contributed by atoms with Gasteiger partial charge in [0, 0.05) is 4.90 Å². The van der Waals surface area contributed by atoms with E-state index in [4.69, 9.17) is 9.52 Å². The van der Waals surface area contributed by atoms with Crippen LogP contribution in [0.15, 0.2) is 49.3 Å². The molecule has 0 aliphatic rings. The van der Waals surface area contributed by atoms with Crippen LogP contribution in [0.2, 0.25) is 0 Å². The number of benzene rings is 2. The summed E-state index contributed by atoms with van der Waals surface area (Å²) in [5, 5.41) is 9.84. The van der Waals surface area contributed by atoms with Crippen LogP contribution in [0.1, 0.15) is 13.2 Å². The molecule has 0 aliphatic heterocycles. The summed E-state index contributed by atoms with van der Waals surface area (Å²) in [5.41, 5.74) is 0.816. The number of thioether (sulfide) groups is 2. The predicted molar refractivity (Wildman–Crippen MR) is 98.5 cm³/mol. The summed E-state index contributed by atoms with van der Waals surface area (Å²) in [7, 11) is 0. The van der Waals surface area contributed by atoms with Crippen LogP contribution in [-0.4, -0.2) is 61.3 Å². The normalized spacial score (nSPS) is 10.7. The average Bonchev–Trinajstić information content (AvgIpc) is 2.54. The van der Waals surface area contributed by atoms with Crippen molar-refractivity contribution in [2.24, 2.45) is 0 Å². The van der Waals surface area contributed by atoms with Crippen LogP contribution in [0.3, 0.4) is 0 Å². The molecular formula is C16H14CaO4S2. The third kappa shape index (κ3) is 3.42. The van der Waals surface area contributed by atoms with E-state index in [0.717, 1.165) is 9.79 Å². The van der Waals surface area contributed by atoms with Gasteiger partial charge in [-0.05, 0) is 42.8 Å². The Kier molecular flexibility index (Phi) is 6.08. The summed E-state index contributed by atoms with van der Waals surface area (Å²) in [6.45, 7) is 0. The van der Waals surface area contributed by atoms with Crippen molar-refractivity contribution in [3.8, 4) is 0 Å². The Balaban J connectivity index is 0.00000192. The van der Waals surface area contributed by atoms with E-state index >= 15 is 0 Å². The van der Waals surface area contributed by atoms with Gasteiger partial charge in [0.05, 0.1) is 21.2 Å². The molecular weight excluding hydrogens is 360 g/mol. The van der Waals surface area contributed by atoms with E-state index in [0.29, 0.717) is 16.6 Å². The van der Waals surface area contributed by atoms with Gasteiger partial charge < -0.3 is 12.4 Å². The second-order valence-corrected chi connectivity index (χ2v) is 6.38. The monoisotopic (exact) mass is 374 g/mol. The van der Waals surface area contributed by atoms with Crippen molar-refractivity contribution in [1.29, 1.82) is 0 Å². The van der Waals surface area contributed by atoms with Crippen LogP contribution in [0.25, 0.3) is 21.9 Å². The molecule has 116 valence electrons. The molecule has 2 aromatic carbocycles. The zero-order valence-electron chi connectivity index (χ0n) is 14.6. The first-order valence-electron chi connectivity index (χ1n) is 6.41. The van der Waals surface area contributed by atoms with E-state index in [1.54, 1.807) is 17.8 Å². The van der Waals surface area contributed by atoms with E-state index in [-0.39, 0.29) is 57.0 Å². The molecule has 0 bridgehead atoms. The van der Waals surface area contributed by atoms with Crippen LogP contribution in [0, 0.1) is 0 Å². The number of hydrogen-bond donors (Lipinski definition) is 1. The van der Waals surface area contributed by atoms with Crippen molar-refractivity contribution in [3.05, 3.63) is 46.1 Å². The Bertz CT molecular complexity index is 976. The number of carbonyl (C=O) groups is 1. The second-order valence-electron chi connectivity index (χ2n) is 4.65. The van der Waals surface area contributed by atoms with Gasteiger partial charge in [-0.3, -0.25) is 4.79 Å². The zero-order valence-corrected chi connectivity index (χ0v) is 16.4. The van der Waals surface area contributed by atoms with Crippen molar-refractivity contribution in [3.63, 3.8) is 0 Å². The van der Waals surface area contributed by atoms with Crippen LogP contribution in [-0.2, 0) is 0 Å². The maximum absolute atomic E-state index is 12.7. The molecule has 7 heteroatoms. The third-order valence-electron chi connectivity index (χ3n) is 3.41. The van der Waals surface area contributed by atoms with Gasteiger partial charge >= 0.3 is 43.7 Å². The first kappa shape index (κ1) is 18.7. The molecule has 23 heavy (non-hydrogen) atoms. The van der Waals surface area contributed by atoms with Crippen molar-refractivity contribution < 1.29 is 17.2 Å². The molecule has 0 saturated heterocycles. The van der Waals surface area contributed by atoms with Crippen LogP contribution in [0.5, 0.6) is 0 Å². The molecule has 1 N–H and O–H groups in total. The van der Waals surface area contributed by atoms with Gasteiger partial charge in [0.25, 0.3) is 0 Å². The van der Waals surface area contributed by atoms with Gasteiger partial charge in [0.2, 0.25) is 5.43 Å². The van der Waals surface area contributed by atoms with Crippen molar-refractivity contribution in [2.45, 2.75) is 9.79 Å². The Morgan fingerprint density at radius 2 is 1.87 bits per heavy atom. The van der Waals surface area contributed by atoms with Gasteiger partial charge in [0.15, 0.2) is 5.58 Å².